The summed E-state index contributed by atoms with van der Waals surface area (Å²) in [6, 6.07) is 80.5. The van der Waals surface area contributed by atoms with E-state index >= 15 is 0 Å². The molecule has 0 unspecified atom stereocenters. The third-order valence-corrected chi connectivity index (χ3v) is 14.6. The molecule has 0 saturated heterocycles. The maximum absolute atomic E-state index is 14.2. The maximum Gasteiger partial charge on any atom is 0.416 e. The molecular formula is C68H42F6N2. The van der Waals surface area contributed by atoms with Gasteiger partial charge >= 0.3 is 12.4 Å². The van der Waals surface area contributed by atoms with Gasteiger partial charge in [0.05, 0.1) is 11.1 Å². The number of fused-ring (bicyclic) bond motifs is 12. The lowest BCUT2D eigenvalue weighted by Crippen LogP contribution is -2.09. The van der Waals surface area contributed by atoms with Gasteiger partial charge in [-0.1, -0.05) is 133 Å². The quantitative estimate of drug-likeness (QED) is 0.0850. The Morgan fingerprint density at radius 2 is 0.474 bits per heavy atom. The molecule has 0 amide bonds. The van der Waals surface area contributed by atoms with Gasteiger partial charge < -0.3 is 9.80 Å². The van der Waals surface area contributed by atoms with Gasteiger partial charge in [0, 0.05) is 34.1 Å². The minimum Gasteiger partial charge on any atom is -0.310 e. The second-order valence-corrected chi connectivity index (χ2v) is 19.1. The van der Waals surface area contributed by atoms with Gasteiger partial charge in [-0.3, -0.25) is 0 Å². The summed E-state index contributed by atoms with van der Waals surface area (Å²) in [7, 11) is 0. The van der Waals surface area contributed by atoms with Crippen molar-refractivity contribution in [2.75, 3.05) is 9.80 Å². The lowest BCUT2D eigenvalue weighted by molar-refractivity contribution is -0.138. The van der Waals surface area contributed by atoms with Crippen molar-refractivity contribution in [3.8, 4) is 22.3 Å². The molecule has 0 aliphatic heterocycles. The molecule has 13 rings (SSSR count). The van der Waals surface area contributed by atoms with Crippen LogP contribution in [0.4, 0.5) is 60.5 Å². The zero-order chi connectivity index (χ0) is 51.7. The average Bonchev–Trinajstić information content (AvgIpc) is 3.48. The Bertz CT molecular complexity index is 4000. The number of nitrogens with zero attached hydrogens (tertiary/aromatic N) is 2. The fourth-order valence-corrected chi connectivity index (χ4v) is 11.1. The van der Waals surface area contributed by atoms with E-state index in [9.17, 15) is 26.3 Å². The number of halogens is 6. The summed E-state index contributed by atoms with van der Waals surface area (Å²) in [4.78, 5) is 4.40. The van der Waals surface area contributed by atoms with E-state index in [2.05, 4.69) is 107 Å². The average molecular weight is 1000 g/mol. The highest BCUT2D eigenvalue weighted by atomic mass is 19.4. The summed E-state index contributed by atoms with van der Waals surface area (Å²) < 4.78 is 85.4. The van der Waals surface area contributed by atoms with E-state index in [0.717, 1.165) is 111 Å². The second-order valence-electron chi connectivity index (χ2n) is 19.1. The molecule has 8 heteroatoms. The Kier molecular flexibility index (Phi) is 11.1. The molecule has 2 nitrogen and oxygen atoms in total. The number of hydrogen-bond donors (Lipinski definition) is 0. The van der Waals surface area contributed by atoms with Gasteiger partial charge in [0.15, 0.2) is 0 Å². The number of benzene rings is 13. The Labute approximate surface area is 433 Å². The van der Waals surface area contributed by atoms with Crippen LogP contribution in [0.3, 0.4) is 0 Å². The van der Waals surface area contributed by atoms with Crippen molar-refractivity contribution in [3.63, 3.8) is 0 Å². The summed E-state index contributed by atoms with van der Waals surface area (Å²) in [5.74, 6) is 0. The van der Waals surface area contributed by atoms with Crippen molar-refractivity contribution in [2.45, 2.75) is 12.4 Å². The monoisotopic (exact) mass is 1000 g/mol. The van der Waals surface area contributed by atoms with Crippen LogP contribution in [-0.4, -0.2) is 0 Å². The van der Waals surface area contributed by atoms with Gasteiger partial charge in [0.1, 0.15) is 0 Å². The van der Waals surface area contributed by atoms with Crippen LogP contribution in [0.1, 0.15) is 11.1 Å². The zero-order valence-corrected chi connectivity index (χ0v) is 40.4. The van der Waals surface area contributed by atoms with E-state index in [-0.39, 0.29) is 0 Å². The lowest BCUT2D eigenvalue weighted by Gasteiger charge is -2.26. The van der Waals surface area contributed by atoms with Gasteiger partial charge in [0.2, 0.25) is 0 Å². The number of anilines is 6. The summed E-state index contributed by atoms with van der Waals surface area (Å²) >= 11 is 0. The van der Waals surface area contributed by atoms with Crippen LogP contribution >= 0.6 is 0 Å². The highest BCUT2D eigenvalue weighted by Gasteiger charge is 2.32. The fraction of sp³-hybridized carbons (Fsp3) is 0.0294. The van der Waals surface area contributed by atoms with Crippen molar-refractivity contribution >= 4 is 98.8 Å². The van der Waals surface area contributed by atoms with Crippen LogP contribution in [0.15, 0.2) is 255 Å². The third kappa shape index (κ3) is 8.19. The Hall–Kier alpha value is -9.40. The summed E-state index contributed by atoms with van der Waals surface area (Å²) in [5.41, 5.74) is 6.34. The highest BCUT2D eigenvalue weighted by molar-refractivity contribution is 6.33. The predicted octanol–water partition coefficient (Wildman–Crippen LogP) is 20.9. The van der Waals surface area contributed by atoms with Crippen LogP contribution in [0.25, 0.3) is 86.9 Å². The van der Waals surface area contributed by atoms with Gasteiger partial charge in [-0.25, -0.2) is 0 Å². The van der Waals surface area contributed by atoms with Crippen LogP contribution in [-0.2, 0) is 12.4 Å². The van der Waals surface area contributed by atoms with Crippen LogP contribution in [0.5, 0.6) is 0 Å². The molecular weight excluding hydrogens is 959 g/mol. The first-order chi connectivity index (χ1) is 36.9. The smallest absolute Gasteiger partial charge is 0.310 e. The normalized spacial score (nSPS) is 12.1. The predicted molar refractivity (Wildman–Crippen MR) is 302 cm³/mol. The highest BCUT2D eigenvalue weighted by Crippen LogP contribution is 2.48. The number of alkyl halides is 6. The van der Waals surface area contributed by atoms with E-state index in [1.165, 1.54) is 24.3 Å². The number of para-hydroxylation sites is 4. The molecule has 0 bridgehead atoms. The number of rotatable bonds is 8. The molecule has 76 heavy (non-hydrogen) atoms. The molecule has 0 aliphatic carbocycles. The van der Waals surface area contributed by atoms with Crippen molar-refractivity contribution in [1.82, 2.24) is 0 Å². The van der Waals surface area contributed by atoms with E-state index < -0.39 is 23.5 Å². The van der Waals surface area contributed by atoms with E-state index in [0.29, 0.717) is 22.3 Å². The first-order valence-corrected chi connectivity index (χ1v) is 24.9. The molecule has 0 aliphatic rings. The molecule has 0 fully saturated rings. The van der Waals surface area contributed by atoms with Crippen LogP contribution in [0.2, 0.25) is 0 Å². The molecule has 0 radical (unpaired) electrons. The Morgan fingerprint density at radius 3 is 0.803 bits per heavy atom. The number of hydrogen-bond acceptors (Lipinski definition) is 2. The lowest BCUT2D eigenvalue weighted by atomic mass is 9.86. The third-order valence-electron chi connectivity index (χ3n) is 14.6. The first-order valence-electron chi connectivity index (χ1n) is 24.9. The first kappa shape index (κ1) is 46.4. The molecule has 0 heterocycles. The second kappa shape index (κ2) is 18.2. The molecule has 0 N–H and O–H groups in total. The molecule has 0 spiro atoms. The van der Waals surface area contributed by atoms with Crippen molar-refractivity contribution in [1.29, 1.82) is 0 Å². The van der Waals surface area contributed by atoms with E-state index in [4.69, 9.17) is 0 Å². The fourth-order valence-electron chi connectivity index (χ4n) is 11.1. The van der Waals surface area contributed by atoms with Gasteiger partial charge in [-0.15, -0.1) is 0 Å². The largest absolute Gasteiger partial charge is 0.416 e. The van der Waals surface area contributed by atoms with Gasteiger partial charge in [-0.2, -0.15) is 26.3 Å². The minimum atomic E-state index is -4.53. The molecule has 13 aromatic carbocycles. The molecule has 0 aromatic heterocycles. The molecule has 0 atom stereocenters. The Morgan fingerprint density at radius 1 is 0.197 bits per heavy atom. The van der Waals surface area contributed by atoms with Crippen molar-refractivity contribution in [3.05, 3.63) is 266 Å². The summed E-state index contributed by atoms with van der Waals surface area (Å²) in [5, 5.41) is 10.9. The van der Waals surface area contributed by atoms with Gasteiger partial charge in [0.25, 0.3) is 0 Å². The van der Waals surface area contributed by atoms with Gasteiger partial charge in [-0.05, 0) is 208 Å². The maximum atomic E-state index is 14.2. The summed E-state index contributed by atoms with van der Waals surface area (Å²) in [6.45, 7) is 0. The topological polar surface area (TPSA) is 6.48 Å². The molecule has 0 saturated carbocycles. The molecule has 13 aromatic rings. The Balaban J connectivity index is 1.14. The zero-order valence-electron chi connectivity index (χ0n) is 40.4. The standard InChI is InChI=1S/C68H42F6N2/c69-67(70,71)47-17-13-15-43(35-47)45-27-31-55-59(37-45)65-42-64-58-34-30-54(76(51-23-9-3-10-24-51)52-25-11-4-12-26-52)40-62(58)56-32-28-46(44-16-14-18-48(36-44)68(72,73)74)38-60(56)66(64)41-63(65)57-33-29-53(39-61(55)57)75(49-19-5-1-6-20-49)50-21-7-2-8-22-50/h1-42H. The SMILES string of the molecule is FC(F)(F)c1cccc(-c2ccc3c(c2)c2cc4c5ccc(N(c6ccccc6)c6ccccc6)cc5c5ccc(-c6cccc(C(F)(F)F)c6)cc5c4cc2c2ccc(N(c4ccccc4)c4ccccc4)cc32)c1. The van der Waals surface area contributed by atoms with Crippen LogP contribution in [0, 0.1) is 0 Å². The van der Waals surface area contributed by atoms with Crippen molar-refractivity contribution < 1.29 is 26.3 Å². The van der Waals surface area contributed by atoms with Crippen LogP contribution < -0.4 is 9.80 Å². The minimum absolute atomic E-state index is 0.436. The van der Waals surface area contributed by atoms with E-state index in [1.807, 2.05) is 109 Å². The summed E-state index contributed by atoms with van der Waals surface area (Å²) in [6.07, 6.45) is -9.06. The van der Waals surface area contributed by atoms with Crippen molar-refractivity contribution in [2.24, 2.45) is 0 Å². The molecule has 366 valence electrons. The van der Waals surface area contributed by atoms with E-state index in [1.54, 1.807) is 12.1 Å².